The van der Waals surface area contributed by atoms with E-state index in [-0.39, 0.29) is 4.21 Å². The Bertz CT molecular complexity index is 1260. The number of aryl methyl sites for hydroxylation is 2. The van der Waals surface area contributed by atoms with Crippen molar-refractivity contribution in [2.75, 3.05) is 6.54 Å². The van der Waals surface area contributed by atoms with Crippen LogP contribution in [0.3, 0.4) is 0 Å². The Hall–Kier alpha value is -1.52. The Labute approximate surface area is 182 Å². The third-order valence-electron chi connectivity index (χ3n) is 5.09. The summed E-state index contributed by atoms with van der Waals surface area (Å²) in [4.78, 5) is 17.9. The van der Waals surface area contributed by atoms with Crippen molar-refractivity contribution in [3.8, 4) is 0 Å². The molecule has 0 bridgehead atoms. The number of sulfonamides is 1. The summed E-state index contributed by atoms with van der Waals surface area (Å²) in [6.45, 7) is 2.40. The zero-order valence-corrected chi connectivity index (χ0v) is 19.2. The van der Waals surface area contributed by atoms with Crippen LogP contribution in [-0.2, 0) is 28.3 Å². The van der Waals surface area contributed by atoms with Crippen molar-refractivity contribution in [1.29, 1.82) is 0 Å². The number of aromatic nitrogens is 1. The van der Waals surface area contributed by atoms with E-state index >= 15 is 0 Å². The van der Waals surface area contributed by atoms with E-state index in [1.54, 1.807) is 6.07 Å². The molecule has 1 fully saturated rings. The predicted octanol–water partition coefficient (Wildman–Crippen LogP) is 3.80. The lowest BCUT2D eigenvalue weighted by molar-refractivity contribution is -0.121. The Morgan fingerprint density at radius 3 is 2.76 bits per heavy atom. The Kier molecular flexibility index (Phi) is 5.69. The fourth-order valence-electron chi connectivity index (χ4n) is 3.67. The predicted molar refractivity (Wildman–Crippen MR) is 117 cm³/mol. The van der Waals surface area contributed by atoms with Crippen LogP contribution in [0, 0.1) is 0 Å². The van der Waals surface area contributed by atoms with Gasteiger partial charge < -0.3 is 4.57 Å². The number of thiazole rings is 1. The number of thiophene rings is 1. The fourth-order valence-corrected chi connectivity index (χ4v) is 8.01. The van der Waals surface area contributed by atoms with Crippen LogP contribution in [0.4, 0.5) is 0 Å². The maximum absolute atomic E-state index is 13.0. The minimum Gasteiger partial charge on any atom is -0.319 e. The minimum absolute atomic E-state index is 0.155. The summed E-state index contributed by atoms with van der Waals surface area (Å²) in [6.07, 6.45) is 1.98. The second-order valence-electron chi connectivity index (χ2n) is 6.84. The molecule has 3 heterocycles. The average molecular weight is 470 g/mol. The summed E-state index contributed by atoms with van der Waals surface area (Å²) in [7, 11) is -1.88. The smallest absolute Gasteiger partial charge is 0.266 e. The number of fused-ring (bicyclic) bond motifs is 1. The van der Waals surface area contributed by atoms with Crippen molar-refractivity contribution in [3.05, 3.63) is 45.0 Å². The van der Waals surface area contributed by atoms with Crippen molar-refractivity contribution >= 4 is 60.4 Å². The van der Waals surface area contributed by atoms with E-state index in [1.807, 2.05) is 23.7 Å². The number of para-hydroxylation sites is 1. The molecule has 1 aliphatic rings. The molecule has 1 saturated heterocycles. The molecule has 0 spiro atoms. The maximum atomic E-state index is 13.0. The van der Waals surface area contributed by atoms with E-state index < -0.39 is 22.0 Å². The van der Waals surface area contributed by atoms with Crippen LogP contribution in [0.2, 0.25) is 4.34 Å². The molecule has 1 amide bonds. The summed E-state index contributed by atoms with van der Waals surface area (Å²) in [5.41, 5.74) is 2.26. The summed E-state index contributed by atoms with van der Waals surface area (Å²) in [5.74, 6) is -0.422. The first kappa shape index (κ1) is 20.7. The van der Waals surface area contributed by atoms with Gasteiger partial charge in [-0.3, -0.25) is 4.79 Å². The summed E-state index contributed by atoms with van der Waals surface area (Å²) >= 11 is 8.35. The average Bonchev–Trinajstić information content (AvgIpc) is 3.41. The first-order valence-corrected chi connectivity index (χ1v) is 12.7. The summed E-state index contributed by atoms with van der Waals surface area (Å²) in [6, 6.07) is 8.34. The highest BCUT2D eigenvalue weighted by atomic mass is 35.5. The number of nitrogens with zero attached hydrogens (tertiary/aromatic N) is 3. The second kappa shape index (κ2) is 7.96. The summed E-state index contributed by atoms with van der Waals surface area (Å²) < 4.78 is 30.8. The van der Waals surface area contributed by atoms with E-state index in [1.165, 1.54) is 27.3 Å². The van der Waals surface area contributed by atoms with Crippen LogP contribution in [-0.4, -0.2) is 35.8 Å². The van der Waals surface area contributed by atoms with Crippen LogP contribution < -0.4 is 4.80 Å². The topological polar surface area (TPSA) is 71.7 Å². The molecule has 0 aliphatic carbocycles. The molecule has 2 aromatic heterocycles. The largest absolute Gasteiger partial charge is 0.319 e. The fraction of sp³-hybridized carbons (Fsp3) is 0.368. The molecule has 0 saturated carbocycles. The number of rotatable bonds is 4. The summed E-state index contributed by atoms with van der Waals surface area (Å²) in [5, 5.41) is 0. The number of benzene rings is 1. The van der Waals surface area contributed by atoms with Gasteiger partial charge in [0.2, 0.25) is 0 Å². The van der Waals surface area contributed by atoms with Crippen LogP contribution >= 0.6 is 34.3 Å². The molecule has 10 heteroatoms. The zero-order valence-electron chi connectivity index (χ0n) is 16.0. The van der Waals surface area contributed by atoms with Gasteiger partial charge in [0.05, 0.1) is 14.6 Å². The van der Waals surface area contributed by atoms with Crippen molar-refractivity contribution in [1.82, 2.24) is 8.87 Å². The quantitative estimate of drug-likeness (QED) is 0.583. The highest BCUT2D eigenvalue weighted by molar-refractivity contribution is 7.91. The Morgan fingerprint density at radius 1 is 1.28 bits per heavy atom. The molecule has 0 radical (unpaired) electrons. The van der Waals surface area contributed by atoms with Crippen molar-refractivity contribution in [2.24, 2.45) is 12.0 Å². The number of hydrogen-bond donors (Lipinski definition) is 0. The third kappa shape index (κ3) is 3.70. The third-order valence-corrected chi connectivity index (χ3v) is 9.80. The normalized spacial score (nSPS) is 18.7. The Balaban J connectivity index is 1.71. The first-order valence-electron chi connectivity index (χ1n) is 9.26. The highest BCUT2D eigenvalue weighted by Crippen LogP contribution is 2.32. The molecule has 154 valence electrons. The van der Waals surface area contributed by atoms with E-state index in [9.17, 15) is 13.2 Å². The van der Waals surface area contributed by atoms with Crippen molar-refractivity contribution in [3.63, 3.8) is 0 Å². The molecule has 1 atom stereocenters. The van der Waals surface area contributed by atoms with Crippen LogP contribution in [0.5, 0.6) is 0 Å². The maximum Gasteiger partial charge on any atom is 0.266 e. The van der Waals surface area contributed by atoms with Gasteiger partial charge in [-0.05, 0) is 43.0 Å². The monoisotopic (exact) mass is 469 g/mol. The molecule has 29 heavy (non-hydrogen) atoms. The number of halogens is 1. The van der Waals surface area contributed by atoms with Crippen LogP contribution in [0.15, 0.2) is 39.5 Å². The molecule has 1 aliphatic heterocycles. The zero-order chi connectivity index (χ0) is 20.8. The van der Waals surface area contributed by atoms with E-state index in [4.69, 9.17) is 11.6 Å². The van der Waals surface area contributed by atoms with Gasteiger partial charge >= 0.3 is 0 Å². The van der Waals surface area contributed by atoms with Crippen LogP contribution in [0.25, 0.3) is 10.2 Å². The molecule has 6 nitrogen and oxygen atoms in total. The van der Waals surface area contributed by atoms with Gasteiger partial charge in [-0.1, -0.05) is 42.0 Å². The molecule has 4 rings (SSSR count). The molecule has 1 aromatic carbocycles. The number of hydrogen-bond acceptors (Lipinski definition) is 5. The minimum atomic E-state index is -3.77. The van der Waals surface area contributed by atoms with Gasteiger partial charge in [0.1, 0.15) is 10.3 Å². The van der Waals surface area contributed by atoms with E-state index in [2.05, 4.69) is 18.0 Å². The van der Waals surface area contributed by atoms with Gasteiger partial charge in [-0.15, -0.1) is 11.3 Å². The van der Waals surface area contributed by atoms with Gasteiger partial charge in [0, 0.05) is 13.6 Å². The number of carbonyl (C=O) groups excluding carboxylic acids is 1. The second-order valence-corrected chi connectivity index (χ2v) is 11.7. The van der Waals surface area contributed by atoms with Gasteiger partial charge in [0.25, 0.3) is 15.9 Å². The van der Waals surface area contributed by atoms with Crippen molar-refractivity contribution in [2.45, 2.75) is 36.4 Å². The highest BCUT2D eigenvalue weighted by Gasteiger charge is 2.40. The van der Waals surface area contributed by atoms with E-state index in [0.29, 0.717) is 28.5 Å². The standard InChI is InChI=1S/C19H20ClN3O3S3/c1-3-12-6-4-8-14-17(12)22(2)19(27-14)21-18(24)13-7-5-11-23(13)29(25,26)16-10-9-15(20)28-16/h4,6,8-10,13H,3,5,7,11H2,1-2H3. The molecular weight excluding hydrogens is 450 g/mol. The lowest BCUT2D eigenvalue weighted by atomic mass is 10.1. The lowest BCUT2D eigenvalue weighted by Gasteiger charge is -2.20. The Morgan fingerprint density at radius 2 is 2.07 bits per heavy atom. The SMILES string of the molecule is CCc1cccc2sc(=NC(=O)C3CCCN3S(=O)(=O)c3ccc(Cl)s3)n(C)c12. The van der Waals surface area contributed by atoms with E-state index in [0.717, 1.165) is 28.0 Å². The number of carbonyl (C=O) groups is 1. The van der Waals surface area contributed by atoms with Gasteiger partial charge in [0.15, 0.2) is 4.80 Å². The lowest BCUT2D eigenvalue weighted by Crippen LogP contribution is -2.40. The molecule has 0 N–H and O–H groups in total. The van der Waals surface area contributed by atoms with Gasteiger partial charge in [-0.25, -0.2) is 8.42 Å². The number of amides is 1. The first-order chi connectivity index (χ1) is 13.8. The van der Waals surface area contributed by atoms with Crippen molar-refractivity contribution < 1.29 is 13.2 Å². The van der Waals surface area contributed by atoms with Crippen LogP contribution in [0.1, 0.15) is 25.3 Å². The molecular formula is C19H20ClN3O3S3. The molecule has 3 aromatic rings. The van der Waals surface area contributed by atoms with Gasteiger partial charge in [-0.2, -0.15) is 9.30 Å². The molecule has 1 unspecified atom stereocenters.